The molecule has 1 aliphatic rings. The first-order valence-electron chi connectivity index (χ1n) is 7.15. The molecule has 2 heterocycles. The maximum Gasteiger partial charge on any atom is 0.233 e. The van der Waals surface area contributed by atoms with E-state index >= 15 is 0 Å². The number of carbonyl (C=O) groups is 1. The predicted molar refractivity (Wildman–Crippen MR) is 89.2 cm³/mol. The second kappa shape index (κ2) is 7.60. The molecule has 0 unspecified atom stereocenters. The molecule has 1 aliphatic heterocycles. The molecular weight excluding hydrogens is 344 g/mol. The quantitative estimate of drug-likeness (QED) is 0.724. The number of rotatable bonds is 7. The first kappa shape index (κ1) is 17.5. The van der Waals surface area contributed by atoms with Crippen LogP contribution in [0.5, 0.6) is 0 Å². The lowest BCUT2D eigenvalue weighted by Gasteiger charge is -2.26. The Morgan fingerprint density at radius 3 is 2.82 bits per heavy atom. The molecule has 1 fully saturated rings. The minimum Gasteiger partial charge on any atom is -0.360 e. The number of thioether (sulfide) groups is 1. The maximum atomic E-state index is 12.3. The summed E-state index contributed by atoms with van der Waals surface area (Å²) in [6.07, 6.45) is 0.538. The summed E-state index contributed by atoms with van der Waals surface area (Å²) < 4.78 is 23.9. The highest BCUT2D eigenvalue weighted by atomic mass is 32.2. The fourth-order valence-corrected chi connectivity index (χ4v) is 5.79. The van der Waals surface area contributed by atoms with Gasteiger partial charge in [-0.2, -0.15) is 0 Å². The van der Waals surface area contributed by atoms with Gasteiger partial charge < -0.3 is 10.2 Å². The molecule has 0 aromatic carbocycles. The number of nitrogens with one attached hydrogen (secondary N) is 1. The lowest BCUT2D eigenvalue weighted by atomic mass is 10.2. The van der Waals surface area contributed by atoms with E-state index in [4.69, 9.17) is 0 Å². The number of sulfone groups is 1. The Morgan fingerprint density at radius 1 is 1.45 bits per heavy atom. The van der Waals surface area contributed by atoms with Crippen LogP contribution in [0.15, 0.2) is 4.34 Å². The van der Waals surface area contributed by atoms with Crippen LogP contribution in [0.1, 0.15) is 20.3 Å². The van der Waals surface area contributed by atoms with E-state index in [-0.39, 0.29) is 29.2 Å². The lowest BCUT2D eigenvalue weighted by Crippen LogP contribution is -2.41. The van der Waals surface area contributed by atoms with E-state index in [1.807, 2.05) is 13.8 Å². The third-order valence-corrected chi connectivity index (χ3v) is 7.11. The van der Waals surface area contributed by atoms with Crippen molar-refractivity contribution in [2.75, 3.05) is 35.7 Å². The molecule has 124 valence electrons. The van der Waals surface area contributed by atoms with Gasteiger partial charge in [0.25, 0.3) is 0 Å². The Bertz CT molecular complexity index is 617. The van der Waals surface area contributed by atoms with Crippen LogP contribution >= 0.6 is 23.1 Å². The van der Waals surface area contributed by atoms with Crippen LogP contribution in [0.4, 0.5) is 5.13 Å². The molecule has 22 heavy (non-hydrogen) atoms. The third kappa shape index (κ3) is 4.56. The van der Waals surface area contributed by atoms with Gasteiger partial charge in [0, 0.05) is 19.1 Å². The van der Waals surface area contributed by atoms with Gasteiger partial charge in [-0.05, 0) is 20.3 Å². The van der Waals surface area contributed by atoms with Gasteiger partial charge in [0.1, 0.15) is 0 Å². The van der Waals surface area contributed by atoms with E-state index in [2.05, 4.69) is 15.5 Å². The van der Waals surface area contributed by atoms with Crippen molar-refractivity contribution in [2.45, 2.75) is 30.6 Å². The number of hydrogen-bond acceptors (Lipinski definition) is 8. The van der Waals surface area contributed by atoms with Gasteiger partial charge in [0.05, 0.1) is 17.3 Å². The molecule has 10 heteroatoms. The van der Waals surface area contributed by atoms with E-state index < -0.39 is 9.84 Å². The number of carbonyl (C=O) groups excluding carboxylic acids is 1. The molecule has 0 aliphatic carbocycles. The van der Waals surface area contributed by atoms with Gasteiger partial charge in [0.2, 0.25) is 11.0 Å². The molecule has 7 nitrogen and oxygen atoms in total. The Labute approximate surface area is 138 Å². The summed E-state index contributed by atoms with van der Waals surface area (Å²) in [4.78, 5) is 14.0. The Balaban J connectivity index is 1.89. The summed E-state index contributed by atoms with van der Waals surface area (Å²) in [5, 5.41) is 11.8. The fourth-order valence-electron chi connectivity index (χ4n) is 2.36. The van der Waals surface area contributed by atoms with Gasteiger partial charge in [-0.15, -0.1) is 10.2 Å². The molecule has 0 saturated carbocycles. The van der Waals surface area contributed by atoms with Crippen LogP contribution in [0.2, 0.25) is 0 Å². The Hall–Kier alpha value is -0.870. The van der Waals surface area contributed by atoms with Gasteiger partial charge in [-0.1, -0.05) is 23.1 Å². The number of aromatic nitrogens is 2. The van der Waals surface area contributed by atoms with Gasteiger partial charge in [-0.3, -0.25) is 4.79 Å². The van der Waals surface area contributed by atoms with E-state index in [0.717, 1.165) is 16.0 Å². The topological polar surface area (TPSA) is 92.3 Å². The second-order valence-corrected chi connectivity index (χ2v) is 9.36. The predicted octanol–water partition coefficient (Wildman–Crippen LogP) is 1.10. The molecule has 1 aromatic heterocycles. The van der Waals surface area contributed by atoms with Crippen LogP contribution in [-0.2, 0) is 14.6 Å². The van der Waals surface area contributed by atoms with Gasteiger partial charge in [0.15, 0.2) is 14.2 Å². The standard InChI is InChI=1S/C12H20N4O3S3/c1-3-13-11-14-15-12(21-11)20-7-10(17)16(4-2)9-5-6-22(18,19)8-9/h9H,3-8H2,1-2H3,(H,13,14)/t9-/m0/s1. The van der Waals surface area contributed by atoms with Crippen LogP contribution in [0.25, 0.3) is 0 Å². The maximum absolute atomic E-state index is 12.3. The van der Waals surface area contributed by atoms with Crippen LogP contribution in [-0.4, -0.2) is 65.8 Å². The average molecular weight is 365 g/mol. The second-order valence-electron chi connectivity index (χ2n) is 4.93. The van der Waals surface area contributed by atoms with E-state index in [9.17, 15) is 13.2 Å². The summed E-state index contributed by atoms with van der Waals surface area (Å²) in [6.45, 7) is 5.16. The zero-order valence-corrected chi connectivity index (χ0v) is 15.1. The molecule has 2 rings (SSSR count). The van der Waals surface area contributed by atoms with Crippen LogP contribution in [0, 0.1) is 0 Å². The highest BCUT2D eigenvalue weighted by Crippen LogP contribution is 2.26. The van der Waals surface area contributed by atoms with E-state index in [1.165, 1.54) is 23.1 Å². The van der Waals surface area contributed by atoms with Crippen molar-refractivity contribution in [3.05, 3.63) is 0 Å². The van der Waals surface area contributed by atoms with Gasteiger partial charge in [-0.25, -0.2) is 8.42 Å². The van der Waals surface area contributed by atoms with Crippen molar-refractivity contribution in [1.82, 2.24) is 15.1 Å². The molecule has 1 saturated heterocycles. The number of amides is 1. The number of hydrogen-bond donors (Lipinski definition) is 1. The van der Waals surface area contributed by atoms with Crippen molar-refractivity contribution >= 4 is 44.0 Å². The third-order valence-electron chi connectivity index (χ3n) is 3.36. The minimum absolute atomic E-state index is 0.0465. The van der Waals surface area contributed by atoms with E-state index in [0.29, 0.717) is 13.0 Å². The highest BCUT2D eigenvalue weighted by molar-refractivity contribution is 8.01. The van der Waals surface area contributed by atoms with Crippen LogP contribution < -0.4 is 5.32 Å². The molecule has 0 bridgehead atoms. The first-order chi connectivity index (χ1) is 10.4. The van der Waals surface area contributed by atoms with Crippen molar-refractivity contribution in [3.63, 3.8) is 0 Å². The Morgan fingerprint density at radius 2 is 2.23 bits per heavy atom. The molecular formula is C12H20N4O3S3. The van der Waals surface area contributed by atoms with Crippen molar-refractivity contribution in [1.29, 1.82) is 0 Å². The SMILES string of the molecule is CCNc1nnc(SCC(=O)N(CC)[C@H]2CCS(=O)(=O)C2)s1. The zero-order valence-electron chi connectivity index (χ0n) is 12.6. The summed E-state index contributed by atoms with van der Waals surface area (Å²) in [5.41, 5.74) is 0. The minimum atomic E-state index is -2.98. The molecule has 1 aromatic rings. The van der Waals surface area contributed by atoms with E-state index in [1.54, 1.807) is 4.90 Å². The fraction of sp³-hybridized carbons (Fsp3) is 0.750. The van der Waals surface area contributed by atoms with Crippen molar-refractivity contribution < 1.29 is 13.2 Å². The largest absolute Gasteiger partial charge is 0.360 e. The molecule has 1 N–H and O–H groups in total. The summed E-state index contributed by atoms with van der Waals surface area (Å²) in [6, 6.07) is -0.185. The monoisotopic (exact) mass is 364 g/mol. The Kier molecular flexibility index (Phi) is 6.04. The molecule has 1 atom stereocenters. The average Bonchev–Trinajstić information content (AvgIpc) is 3.04. The lowest BCUT2D eigenvalue weighted by molar-refractivity contribution is -0.129. The summed E-state index contributed by atoms with van der Waals surface area (Å²) >= 11 is 2.76. The smallest absolute Gasteiger partial charge is 0.233 e. The normalized spacial score (nSPS) is 20.0. The summed E-state index contributed by atoms with van der Waals surface area (Å²) in [7, 11) is -2.98. The van der Waals surface area contributed by atoms with Crippen LogP contribution in [0.3, 0.4) is 0 Å². The van der Waals surface area contributed by atoms with Gasteiger partial charge >= 0.3 is 0 Å². The number of anilines is 1. The summed E-state index contributed by atoms with van der Waals surface area (Å²) in [5.74, 6) is 0.470. The first-order valence-corrected chi connectivity index (χ1v) is 10.8. The zero-order chi connectivity index (χ0) is 16.2. The highest BCUT2D eigenvalue weighted by Gasteiger charge is 2.33. The molecule has 1 amide bonds. The molecule has 0 spiro atoms. The molecule has 0 radical (unpaired) electrons. The van der Waals surface area contributed by atoms with Crippen molar-refractivity contribution in [2.24, 2.45) is 0 Å². The van der Waals surface area contributed by atoms with Crippen molar-refractivity contribution in [3.8, 4) is 0 Å². The number of nitrogens with zero attached hydrogens (tertiary/aromatic N) is 3.